The molecule has 0 spiro atoms. The predicted molar refractivity (Wildman–Crippen MR) is 106 cm³/mol. The van der Waals surface area contributed by atoms with E-state index in [4.69, 9.17) is 8.60 Å². The molecule has 0 aliphatic carbocycles. The lowest BCUT2D eigenvalue weighted by Crippen LogP contribution is -2.54. The van der Waals surface area contributed by atoms with Gasteiger partial charge in [-0.25, -0.2) is 4.79 Å². The number of H-pyrrole nitrogens is 1. The molecule has 1 aliphatic rings. The molecule has 2 aromatic carbocycles. The third-order valence-corrected chi connectivity index (χ3v) is 5.96. The first-order chi connectivity index (χ1) is 13.7. The van der Waals surface area contributed by atoms with Gasteiger partial charge >= 0.3 is 5.76 Å². The standard InChI is InChI=1S/C19H19N3O6S/c1-19(2)17(23)22(15-6-4-3-5-13(15)21-19)9-10-27-29(25,26)12-7-8-14-16(11-12)28-18(24)20-14/h3-8,11,21H,9-10H2,1-2H3,(H,20,24). The fourth-order valence-electron chi connectivity index (χ4n) is 3.26. The lowest BCUT2D eigenvalue weighted by Gasteiger charge is -2.39. The molecule has 0 saturated heterocycles. The molecule has 4 rings (SSSR count). The fourth-order valence-corrected chi connectivity index (χ4v) is 4.18. The summed E-state index contributed by atoms with van der Waals surface area (Å²) in [4.78, 5) is 27.8. The lowest BCUT2D eigenvalue weighted by molar-refractivity contribution is -0.122. The number of benzene rings is 2. The van der Waals surface area contributed by atoms with Gasteiger partial charge in [0.2, 0.25) is 0 Å². The largest absolute Gasteiger partial charge is 0.417 e. The molecular weight excluding hydrogens is 398 g/mol. The van der Waals surface area contributed by atoms with Crippen LogP contribution in [0.2, 0.25) is 0 Å². The first-order valence-electron chi connectivity index (χ1n) is 8.89. The minimum absolute atomic E-state index is 0.0572. The number of aromatic nitrogens is 1. The second kappa shape index (κ2) is 6.75. The number of hydrogen-bond donors (Lipinski definition) is 2. The molecule has 0 fully saturated rings. The Labute approximate surface area is 166 Å². The summed E-state index contributed by atoms with van der Waals surface area (Å²) in [5.74, 6) is -0.860. The van der Waals surface area contributed by atoms with Gasteiger partial charge < -0.3 is 14.6 Å². The average molecular weight is 417 g/mol. The zero-order chi connectivity index (χ0) is 20.8. The summed E-state index contributed by atoms with van der Waals surface area (Å²) in [5.41, 5.74) is 1.12. The van der Waals surface area contributed by atoms with Crippen LogP contribution in [0.15, 0.2) is 56.6 Å². The number of hydrogen-bond acceptors (Lipinski definition) is 7. The third-order valence-electron chi connectivity index (χ3n) is 4.66. The highest BCUT2D eigenvalue weighted by Gasteiger charge is 2.38. The van der Waals surface area contributed by atoms with Crippen molar-refractivity contribution in [1.29, 1.82) is 0 Å². The van der Waals surface area contributed by atoms with Crippen molar-refractivity contribution in [1.82, 2.24) is 4.98 Å². The molecule has 0 atom stereocenters. The molecule has 10 heteroatoms. The smallest absolute Gasteiger partial charge is 0.408 e. The quantitative estimate of drug-likeness (QED) is 0.610. The summed E-state index contributed by atoms with van der Waals surface area (Å²) >= 11 is 0. The zero-order valence-corrected chi connectivity index (χ0v) is 16.6. The van der Waals surface area contributed by atoms with Crippen molar-refractivity contribution in [2.24, 2.45) is 0 Å². The number of carbonyl (C=O) groups is 1. The van der Waals surface area contributed by atoms with E-state index < -0.39 is 21.4 Å². The Kier molecular flexibility index (Phi) is 4.47. The molecule has 0 unspecified atom stereocenters. The number of fused-ring (bicyclic) bond motifs is 2. The SMILES string of the molecule is CC1(C)Nc2ccccc2N(CCOS(=O)(=O)c2ccc3[nH]c(=O)oc3c2)C1=O. The van der Waals surface area contributed by atoms with Crippen molar-refractivity contribution < 1.29 is 21.8 Å². The molecule has 1 aromatic heterocycles. The summed E-state index contributed by atoms with van der Waals surface area (Å²) < 4.78 is 35.0. The van der Waals surface area contributed by atoms with E-state index in [2.05, 4.69) is 10.3 Å². The maximum absolute atomic E-state index is 12.8. The van der Waals surface area contributed by atoms with E-state index >= 15 is 0 Å². The van der Waals surface area contributed by atoms with Crippen molar-refractivity contribution >= 4 is 38.5 Å². The van der Waals surface area contributed by atoms with Crippen LogP contribution in [0.1, 0.15) is 13.8 Å². The van der Waals surface area contributed by atoms with Crippen LogP contribution in [-0.2, 0) is 19.1 Å². The van der Waals surface area contributed by atoms with Gasteiger partial charge in [-0.15, -0.1) is 0 Å². The monoisotopic (exact) mass is 417 g/mol. The molecule has 2 heterocycles. The molecule has 3 aromatic rings. The van der Waals surface area contributed by atoms with E-state index in [1.54, 1.807) is 26.0 Å². The van der Waals surface area contributed by atoms with Crippen molar-refractivity contribution in [2.75, 3.05) is 23.4 Å². The van der Waals surface area contributed by atoms with Crippen LogP contribution in [0.5, 0.6) is 0 Å². The van der Waals surface area contributed by atoms with Crippen LogP contribution in [-0.4, -0.2) is 38.0 Å². The van der Waals surface area contributed by atoms with Gasteiger partial charge in [0.1, 0.15) is 5.54 Å². The molecule has 9 nitrogen and oxygen atoms in total. The van der Waals surface area contributed by atoms with E-state index in [0.717, 1.165) is 5.69 Å². The minimum atomic E-state index is -4.10. The van der Waals surface area contributed by atoms with Gasteiger partial charge in [-0.05, 0) is 38.1 Å². The number of amides is 1. The fraction of sp³-hybridized carbons (Fsp3) is 0.263. The lowest BCUT2D eigenvalue weighted by atomic mass is 9.98. The molecule has 2 N–H and O–H groups in total. The second-order valence-electron chi connectivity index (χ2n) is 7.17. The van der Waals surface area contributed by atoms with Gasteiger partial charge in [-0.2, -0.15) is 8.42 Å². The average Bonchev–Trinajstić information content (AvgIpc) is 3.03. The Hall–Kier alpha value is -3.11. The molecule has 1 aliphatic heterocycles. The topological polar surface area (TPSA) is 122 Å². The van der Waals surface area contributed by atoms with Crippen LogP contribution in [0.25, 0.3) is 11.1 Å². The van der Waals surface area contributed by atoms with Crippen molar-refractivity contribution in [3.8, 4) is 0 Å². The zero-order valence-electron chi connectivity index (χ0n) is 15.8. The highest BCUT2D eigenvalue weighted by molar-refractivity contribution is 7.86. The van der Waals surface area contributed by atoms with Crippen LogP contribution < -0.4 is 16.0 Å². The number of aromatic amines is 1. The van der Waals surface area contributed by atoms with E-state index in [0.29, 0.717) is 11.2 Å². The number of oxazole rings is 1. The molecular formula is C19H19N3O6S. The van der Waals surface area contributed by atoms with Crippen LogP contribution >= 0.6 is 0 Å². The van der Waals surface area contributed by atoms with E-state index in [1.807, 2.05) is 12.1 Å². The summed E-state index contributed by atoms with van der Waals surface area (Å²) in [7, 11) is -4.10. The molecule has 0 bridgehead atoms. The van der Waals surface area contributed by atoms with Crippen molar-refractivity contribution in [2.45, 2.75) is 24.3 Å². The molecule has 29 heavy (non-hydrogen) atoms. The number of anilines is 2. The molecule has 0 radical (unpaired) electrons. The number of carbonyl (C=O) groups excluding carboxylic acids is 1. The summed E-state index contributed by atoms with van der Waals surface area (Å²) in [6.07, 6.45) is 0. The first-order valence-corrected chi connectivity index (χ1v) is 10.3. The summed E-state index contributed by atoms with van der Waals surface area (Å²) in [5, 5.41) is 3.18. The van der Waals surface area contributed by atoms with Crippen molar-refractivity contribution in [3.63, 3.8) is 0 Å². The number of nitrogens with zero attached hydrogens (tertiary/aromatic N) is 1. The Morgan fingerprint density at radius 1 is 1.14 bits per heavy atom. The normalized spacial score (nSPS) is 15.9. The van der Waals surface area contributed by atoms with E-state index in [-0.39, 0.29) is 29.5 Å². The van der Waals surface area contributed by atoms with Crippen LogP contribution in [0.3, 0.4) is 0 Å². The van der Waals surface area contributed by atoms with Gasteiger partial charge in [-0.3, -0.25) is 14.0 Å². The van der Waals surface area contributed by atoms with Gasteiger partial charge in [0.05, 0.1) is 34.9 Å². The Morgan fingerprint density at radius 2 is 1.90 bits per heavy atom. The second-order valence-corrected chi connectivity index (χ2v) is 8.79. The third kappa shape index (κ3) is 3.52. The maximum atomic E-state index is 12.8. The predicted octanol–water partition coefficient (Wildman–Crippen LogP) is 2.06. The highest BCUT2D eigenvalue weighted by Crippen LogP contribution is 2.34. The Bertz CT molecular complexity index is 1260. The number of nitrogens with one attached hydrogen (secondary N) is 2. The summed E-state index contributed by atoms with van der Waals surface area (Å²) in [6, 6.07) is 11.3. The van der Waals surface area contributed by atoms with Gasteiger partial charge in [-0.1, -0.05) is 12.1 Å². The Morgan fingerprint density at radius 3 is 2.69 bits per heavy atom. The van der Waals surface area contributed by atoms with Gasteiger partial charge in [0.15, 0.2) is 5.58 Å². The summed E-state index contributed by atoms with van der Waals surface area (Å²) in [6.45, 7) is 3.35. The van der Waals surface area contributed by atoms with Crippen LogP contribution in [0.4, 0.5) is 11.4 Å². The van der Waals surface area contributed by atoms with Gasteiger partial charge in [0.25, 0.3) is 16.0 Å². The maximum Gasteiger partial charge on any atom is 0.417 e. The first kappa shape index (κ1) is 19.2. The number of para-hydroxylation sites is 2. The minimum Gasteiger partial charge on any atom is -0.408 e. The molecule has 1 amide bonds. The van der Waals surface area contributed by atoms with E-state index in [1.165, 1.54) is 23.1 Å². The van der Waals surface area contributed by atoms with E-state index in [9.17, 15) is 18.0 Å². The molecule has 0 saturated carbocycles. The molecule has 152 valence electrons. The van der Waals surface area contributed by atoms with Gasteiger partial charge in [0, 0.05) is 6.07 Å². The highest BCUT2D eigenvalue weighted by atomic mass is 32.2. The Balaban J connectivity index is 1.52. The van der Waals surface area contributed by atoms with Crippen molar-refractivity contribution in [3.05, 3.63) is 53.0 Å². The number of rotatable bonds is 5. The van der Waals surface area contributed by atoms with Crippen LogP contribution in [0, 0.1) is 0 Å².